The molecule has 1 aromatic carbocycles. The number of rotatable bonds is 0. The molecule has 1 aliphatic rings. The zero-order valence-corrected chi connectivity index (χ0v) is 7.67. The summed E-state index contributed by atoms with van der Waals surface area (Å²) in [7, 11) is 0. The van der Waals surface area contributed by atoms with Crippen LogP contribution in [0, 0.1) is 12.7 Å². The Hall–Kier alpha value is -0.760. The molecular formula is C9H11ClFN. The Morgan fingerprint density at radius 3 is 2.92 bits per heavy atom. The number of hydrogen-bond donors (Lipinski definition) is 1. The Labute approximate surface area is 77.4 Å². The van der Waals surface area contributed by atoms with Crippen molar-refractivity contribution >= 4 is 18.1 Å². The van der Waals surface area contributed by atoms with E-state index in [0.29, 0.717) is 0 Å². The second-order valence-electron chi connectivity index (χ2n) is 2.88. The standard InChI is InChI=1S/C9H10FN.ClH/c1-6-7-4-5-11-9(7)3-2-8(6)10;/h2-3,11H,4-5H2,1H3;1H. The van der Waals surface area contributed by atoms with Crippen molar-refractivity contribution in [3.05, 3.63) is 29.1 Å². The molecule has 3 heteroatoms. The molecule has 0 unspecified atom stereocenters. The molecule has 0 radical (unpaired) electrons. The van der Waals surface area contributed by atoms with E-state index in [1.807, 2.05) is 13.0 Å². The molecule has 1 nitrogen and oxygen atoms in total. The first-order valence-electron chi connectivity index (χ1n) is 3.81. The third-order valence-electron chi connectivity index (χ3n) is 2.22. The van der Waals surface area contributed by atoms with E-state index in [2.05, 4.69) is 5.32 Å². The summed E-state index contributed by atoms with van der Waals surface area (Å²) >= 11 is 0. The molecule has 0 amide bonds. The van der Waals surface area contributed by atoms with E-state index in [1.54, 1.807) is 0 Å². The molecule has 0 aromatic heterocycles. The van der Waals surface area contributed by atoms with Crippen LogP contribution in [-0.4, -0.2) is 6.54 Å². The van der Waals surface area contributed by atoms with Crippen LogP contribution in [0.2, 0.25) is 0 Å². The first kappa shape index (κ1) is 9.33. The fourth-order valence-corrected chi connectivity index (χ4v) is 1.54. The quantitative estimate of drug-likeness (QED) is 0.658. The van der Waals surface area contributed by atoms with Gasteiger partial charge in [-0.05, 0) is 36.6 Å². The number of benzene rings is 1. The highest BCUT2D eigenvalue weighted by molar-refractivity contribution is 5.85. The molecule has 0 fully saturated rings. The lowest BCUT2D eigenvalue weighted by molar-refractivity contribution is 0.617. The van der Waals surface area contributed by atoms with Gasteiger partial charge in [-0.3, -0.25) is 0 Å². The molecule has 66 valence electrons. The summed E-state index contributed by atoms with van der Waals surface area (Å²) in [5.41, 5.74) is 3.04. The summed E-state index contributed by atoms with van der Waals surface area (Å²) in [5, 5.41) is 3.20. The number of nitrogens with one attached hydrogen (secondary N) is 1. The molecular weight excluding hydrogens is 177 g/mol. The van der Waals surface area contributed by atoms with E-state index in [1.165, 1.54) is 6.07 Å². The fourth-order valence-electron chi connectivity index (χ4n) is 1.54. The number of halogens is 2. The minimum absolute atomic E-state index is 0. The van der Waals surface area contributed by atoms with Crippen molar-refractivity contribution in [2.45, 2.75) is 13.3 Å². The Morgan fingerprint density at radius 2 is 2.17 bits per heavy atom. The van der Waals surface area contributed by atoms with E-state index < -0.39 is 0 Å². The van der Waals surface area contributed by atoms with Crippen molar-refractivity contribution in [2.75, 3.05) is 11.9 Å². The maximum absolute atomic E-state index is 12.9. The number of anilines is 1. The third kappa shape index (κ3) is 1.27. The van der Waals surface area contributed by atoms with Gasteiger partial charge in [0.25, 0.3) is 0 Å². The first-order chi connectivity index (χ1) is 5.29. The topological polar surface area (TPSA) is 12.0 Å². The number of fused-ring (bicyclic) bond motifs is 1. The smallest absolute Gasteiger partial charge is 0.126 e. The Bertz CT molecular complexity index is 299. The van der Waals surface area contributed by atoms with Gasteiger partial charge in [-0.2, -0.15) is 0 Å². The van der Waals surface area contributed by atoms with Crippen LogP contribution in [0.1, 0.15) is 11.1 Å². The highest BCUT2D eigenvalue weighted by atomic mass is 35.5. The van der Waals surface area contributed by atoms with Gasteiger partial charge in [-0.25, -0.2) is 4.39 Å². The molecule has 2 rings (SSSR count). The van der Waals surface area contributed by atoms with Crippen LogP contribution in [0.25, 0.3) is 0 Å². The lowest BCUT2D eigenvalue weighted by atomic mass is 10.1. The van der Waals surface area contributed by atoms with Crippen LogP contribution < -0.4 is 5.32 Å². The van der Waals surface area contributed by atoms with Gasteiger partial charge in [0, 0.05) is 12.2 Å². The van der Waals surface area contributed by atoms with Crippen LogP contribution in [0.15, 0.2) is 12.1 Å². The highest BCUT2D eigenvalue weighted by Crippen LogP contribution is 2.26. The predicted octanol–water partition coefficient (Wildman–Crippen LogP) is 2.52. The van der Waals surface area contributed by atoms with Crippen molar-refractivity contribution in [2.24, 2.45) is 0 Å². The average Bonchev–Trinajstić information content (AvgIpc) is 2.45. The van der Waals surface area contributed by atoms with Crippen LogP contribution in [-0.2, 0) is 6.42 Å². The number of hydrogen-bond acceptors (Lipinski definition) is 1. The van der Waals surface area contributed by atoms with E-state index >= 15 is 0 Å². The zero-order chi connectivity index (χ0) is 7.84. The van der Waals surface area contributed by atoms with Crippen LogP contribution in [0.4, 0.5) is 10.1 Å². The molecule has 0 aliphatic carbocycles. The molecule has 0 spiro atoms. The summed E-state index contributed by atoms with van der Waals surface area (Å²) < 4.78 is 12.9. The molecule has 1 heterocycles. The van der Waals surface area contributed by atoms with Crippen molar-refractivity contribution in [1.82, 2.24) is 0 Å². The SMILES string of the molecule is Cc1c(F)ccc2c1CCN2.Cl. The second-order valence-corrected chi connectivity index (χ2v) is 2.88. The van der Waals surface area contributed by atoms with Gasteiger partial charge in [-0.1, -0.05) is 0 Å². The summed E-state index contributed by atoms with van der Waals surface area (Å²) in [6.45, 7) is 2.78. The van der Waals surface area contributed by atoms with Gasteiger partial charge in [0.15, 0.2) is 0 Å². The van der Waals surface area contributed by atoms with Gasteiger partial charge in [0.1, 0.15) is 5.82 Å². The summed E-state index contributed by atoms with van der Waals surface area (Å²) in [6, 6.07) is 3.33. The fraction of sp³-hybridized carbons (Fsp3) is 0.333. The molecule has 1 aromatic rings. The third-order valence-corrected chi connectivity index (χ3v) is 2.22. The molecule has 0 atom stereocenters. The highest BCUT2D eigenvalue weighted by Gasteiger charge is 2.13. The summed E-state index contributed by atoms with van der Waals surface area (Å²) in [5.74, 6) is -0.0903. The Kier molecular flexibility index (Phi) is 2.58. The van der Waals surface area contributed by atoms with Crippen LogP contribution in [0.3, 0.4) is 0 Å². The van der Waals surface area contributed by atoms with Gasteiger partial charge >= 0.3 is 0 Å². The zero-order valence-electron chi connectivity index (χ0n) is 6.86. The van der Waals surface area contributed by atoms with E-state index in [0.717, 1.165) is 29.8 Å². The normalized spacial score (nSPS) is 13.2. The van der Waals surface area contributed by atoms with Gasteiger partial charge < -0.3 is 5.32 Å². The van der Waals surface area contributed by atoms with Crippen LogP contribution >= 0.6 is 12.4 Å². The van der Waals surface area contributed by atoms with Gasteiger partial charge in [-0.15, -0.1) is 12.4 Å². The largest absolute Gasteiger partial charge is 0.384 e. The first-order valence-corrected chi connectivity index (χ1v) is 3.81. The van der Waals surface area contributed by atoms with Crippen molar-refractivity contribution in [3.63, 3.8) is 0 Å². The minimum atomic E-state index is -0.0903. The van der Waals surface area contributed by atoms with Gasteiger partial charge in [0.2, 0.25) is 0 Å². The van der Waals surface area contributed by atoms with Gasteiger partial charge in [0.05, 0.1) is 0 Å². The second kappa shape index (κ2) is 3.31. The molecule has 1 N–H and O–H groups in total. The van der Waals surface area contributed by atoms with Crippen molar-refractivity contribution < 1.29 is 4.39 Å². The van der Waals surface area contributed by atoms with E-state index in [9.17, 15) is 4.39 Å². The maximum atomic E-state index is 12.9. The molecule has 1 aliphatic heterocycles. The predicted molar refractivity (Wildman–Crippen MR) is 50.6 cm³/mol. The summed E-state index contributed by atoms with van der Waals surface area (Å²) in [6.07, 6.45) is 0.957. The minimum Gasteiger partial charge on any atom is -0.384 e. The monoisotopic (exact) mass is 187 g/mol. The Balaban J connectivity index is 0.000000720. The summed E-state index contributed by atoms with van der Waals surface area (Å²) in [4.78, 5) is 0. The molecule has 0 saturated carbocycles. The maximum Gasteiger partial charge on any atom is 0.126 e. The van der Waals surface area contributed by atoms with Crippen molar-refractivity contribution in [3.8, 4) is 0 Å². The van der Waals surface area contributed by atoms with E-state index in [4.69, 9.17) is 0 Å². The van der Waals surface area contributed by atoms with E-state index in [-0.39, 0.29) is 18.2 Å². The molecule has 0 bridgehead atoms. The molecule has 0 saturated heterocycles. The average molecular weight is 188 g/mol. The Morgan fingerprint density at radius 1 is 1.42 bits per heavy atom. The van der Waals surface area contributed by atoms with Crippen molar-refractivity contribution in [1.29, 1.82) is 0 Å². The lowest BCUT2D eigenvalue weighted by Crippen LogP contribution is -1.90. The lowest BCUT2D eigenvalue weighted by Gasteiger charge is -2.03. The van der Waals surface area contributed by atoms with Crippen LogP contribution in [0.5, 0.6) is 0 Å². The molecule has 12 heavy (non-hydrogen) atoms.